The number of rotatable bonds is 7. The first-order chi connectivity index (χ1) is 14.6. The van der Waals surface area contributed by atoms with E-state index in [1.807, 2.05) is 24.3 Å². The average Bonchev–Trinajstić information content (AvgIpc) is 3.38. The van der Waals surface area contributed by atoms with Crippen LogP contribution in [-0.4, -0.2) is 35.0 Å². The number of carbonyl (C=O) groups is 1. The predicted molar refractivity (Wildman–Crippen MR) is 107 cm³/mol. The number of hydrogen-bond acceptors (Lipinski definition) is 8. The Labute approximate surface area is 170 Å². The highest BCUT2D eigenvalue weighted by molar-refractivity contribution is 5.78. The molecule has 0 fully saturated rings. The zero-order valence-electron chi connectivity index (χ0n) is 16.5. The quantitative estimate of drug-likeness (QED) is 0.428. The van der Waals surface area contributed by atoms with Crippen molar-refractivity contribution in [2.24, 2.45) is 0 Å². The van der Waals surface area contributed by atoms with Gasteiger partial charge in [-0.05, 0) is 36.8 Å². The molecule has 0 saturated carbocycles. The number of aromatic nitrogens is 3. The Balaban J connectivity index is 1.61. The number of esters is 1. The van der Waals surface area contributed by atoms with E-state index in [2.05, 4.69) is 14.9 Å². The van der Waals surface area contributed by atoms with Crippen molar-refractivity contribution in [3.63, 3.8) is 0 Å². The summed E-state index contributed by atoms with van der Waals surface area (Å²) in [5, 5.41) is 8.20. The summed E-state index contributed by atoms with van der Waals surface area (Å²) in [5.41, 5.74) is 2.32. The molecule has 0 radical (unpaired) electrons. The van der Waals surface area contributed by atoms with Crippen LogP contribution >= 0.6 is 0 Å². The van der Waals surface area contributed by atoms with Crippen LogP contribution in [0, 0.1) is 0 Å². The van der Waals surface area contributed by atoms with Crippen molar-refractivity contribution in [2.45, 2.75) is 19.4 Å². The van der Waals surface area contributed by atoms with Gasteiger partial charge < -0.3 is 18.3 Å². The van der Waals surface area contributed by atoms with Crippen LogP contribution in [0.1, 0.15) is 12.8 Å². The molecule has 0 unspecified atom stereocenters. The first-order valence-corrected chi connectivity index (χ1v) is 9.28. The summed E-state index contributed by atoms with van der Waals surface area (Å²) in [4.78, 5) is 23.5. The first kappa shape index (κ1) is 19.4. The van der Waals surface area contributed by atoms with E-state index in [-0.39, 0.29) is 12.4 Å². The van der Waals surface area contributed by atoms with Gasteiger partial charge >= 0.3 is 11.7 Å². The monoisotopic (exact) mass is 409 g/mol. The van der Waals surface area contributed by atoms with Crippen molar-refractivity contribution in [1.82, 2.24) is 14.8 Å². The van der Waals surface area contributed by atoms with E-state index in [0.29, 0.717) is 52.7 Å². The van der Waals surface area contributed by atoms with Gasteiger partial charge in [-0.15, -0.1) is 10.2 Å². The van der Waals surface area contributed by atoms with E-state index in [1.54, 1.807) is 25.3 Å². The van der Waals surface area contributed by atoms with E-state index in [0.717, 1.165) is 0 Å². The van der Waals surface area contributed by atoms with Crippen LogP contribution in [0.3, 0.4) is 0 Å². The molecule has 0 aliphatic rings. The number of nitrogens with zero attached hydrogens (tertiary/aromatic N) is 3. The van der Waals surface area contributed by atoms with Crippen LogP contribution in [0.15, 0.2) is 56.1 Å². The predicted octanol–water partition coefficient (Wildman–Crippen LogP) is 3.27. The standard InChI is InChI=1S/C21H19N3O6/c1-27-16-7-4-3-6-14(16)20-23-22-19(30-20)13-9-10-15-17(12-13)29-21(26)24(15)11-5-8-18(25)28-2/h3-4,6-7,9-10,12H,5,8,11H2,1-2H3. The van der Waals surface area contributed by atoms with Gasteiger partial charge in [0.05, 0.1) is 25.3 Å². The number of benzene rings is 2. The largest absolute Gasteiger partial charge is 0.496 e. The summed E-state index contributed by atoms with van der Waals surface area (Å²) >= 11 is 0. The molecule has 9 nitrogen and oxygen atoms in total. The van der Waals surface area contributed by atoms with Crippen molar-refractivity contribution in [3.8, 4) is 28.7 Å². The van der Waals surface area contributed by atoms with Gasteiger partial charge in [0.2, 0.25) is 5.89 Å². The van der Waals surface area contributed by atoms with Crippen LogP contribution < -0.4 is 10.5 Å². The molecule has 9 heteroatoms. The van der Waals surface area contributed by atoms with Gasteiger partial charge in [0, 0.05) is 18.5 Å². The van der Waals surface area contributed by atoms with E-state index >= 15 is 0 Å². The molecule has 4 rings (SSSR count). The topological polar surface area (TPSA) is 110 Å². The maximum Gasteiger partial charge on any atom is 0.419 e. The van der Waals surface area contributed by atoms with E-state index in [1.165, 1.54) is 11.7 Å². The van der Waals surface area contributed by atoms with Crippen molar-refractivity contribution in [2.75, 3.05) is 14.2 Å². The lowest BCUT2D eigenvalue weighted by molar-refractivity contribution is -0.140. The second-order valence-electron chi connectivity index (χ2n) is 6.49. The minimum atomic E-state index is -0.493. The molecule has 30 heavy (non-hydrogen) atoms. The fourth-order valence-corrected chi connectivity index (χ4v) is 3.16. The van der Waals surface area contributed by atoms with Crippen molar-refractivity contribution >= 4 is 17.1 Å². The molecule has 0 amide bonds. The normalized spacial score (nSPS) is 11.0. The third-order valence-electron chi connectivity index (χ3n) is 4.67. The number of carbonyl (C=O) groups excluding carboxylic acids is 1. The molecule has 0 N–H and O–H groups in total. The molecule has 0 aliphatic heterocycles. The minimum absolute atomic E-state index is 0.224. The highest BCUT2D eigenvalue weighted by Crippen LogP contribution is 2.31. The smallest absolute Gasteiger partial charge is 0.419 e. The lowest BCUT2D eigenvalue weighted by Gasteiger charge is -2.03. The number of para-hydroxylation sites is 1. The summed E-state index contributed by atoms with van der Waals surface area (Å²) in [5.74, 6) is 0.425. The van der Waals surface area contributed by atoms with Crippen molar-refractivity contribution in [1.29, 1.82) is 0 Å². The summed E-state index contributed by atoms with van der Waals surface area (Å²) in [7, 11) is 2.90. The van der Waals surface area contributed by atoms with Crippen LogP contribution in [0.4, 0.5) is 0 Å². The summed E-state index contributed by atoms with van der Waals surface area (Å²) in [6, 6.07) is 12.5. The summed E-state index contributed by atoms with van der Waals surface area (Å²) in [6.07, 6.45) is 0.691. The fourth-order valence-electron chi connectivity index (χ4n) is 3.16. The number of aryl methyl sites for hydroxylation is 1. The second-order valence-corrected chi connectivity index (χ2v) is 6.49. The molecule has 0 bridgehead atoms. The number of ether oxygens (including phenoxy) is 2. The molecular weight excluding hydrogens is 390 g/mol. The van der Waals surface area contributed by atoms with Crippen LogP contribution in [-0.2, 0) is 16.1 Å². The van der Waals surface area contributed by atoms with E-state index in [9.17, 15) is 9.59 Å². The Morgan fingerprint density at radius 1 is 1.07 bits per heavy atom. The molecule has 154 valence electrons. The van der Waals surface area contributed by atoms with Crippen LogP contribution in [0.5, 0.6) is 5.75 Å². The molecule has 0 aliphatic carbocycles. The molecule has 0 saturated heterocycles. The number of oxazole rings is 1. The molecule has 0 spiro atoms. The van der Waals surface area contributed by atoms with Gasteiger partial charge in [0.15, 0.2) is 5.58 Å². The van der Waals surface area contributed by atoms with Crippen LogP contribution in [0.2, 0.25) is 0 Å². The summed E-state index contributed by atoms with van der Waals surface area (Å²) < 4.78 is 22.6. The molecule has 2 aromatic carbocycles. The molecule has 0 atom stereocenters. The van der Waals surface area contributed by atoms with Gasteiger partial charge in [-0.25, -0.2) is 4.79 Å². The number of fused-ring (bicyclic) bond motifs is 1. The van der Waals surface area contributed by atoms with Crippen LogP contribution in [0.25, 0.3) is 34.0 Å². The molecule has 2 heterocycles. The van der Waals surface area contributed by atoms with Gasteiger partial charge in [-0.1, -0.05) is 12.1 Å². The third-order valence-corrected chi connectivity index (χ3v) is 4.67. The lowest BCUT2D eigenvalue weighted by Crippen LogP contribution is -2.15. The average molecular weight is 409 g/mol. The molecule has 4 aromatic rings. The molecular formula is C21H19N3O6. The van der Waals surface area contributed by atoms with E-state index < -0.39 is 5.76 Å². The van der Waals surface area contributed by atoms with Gasteiger partial charge in [0.25, 0.3) is 5.89 Å². The van der Waals surface area contributed by atoms with Crippen molar-refractivity contribution < 1.29 is 23.1 Å². The van der Waals surface area contributed by atoms with Gasteiger partial charge in [-0.2, -0.15) is 0 Å². The Morgan fingerprint density at radius 3 is 2.67 bits per heavy atom. The number of methoxy groups -OCH3 is 2. The Kier molecular flexibility index (Phi) is 5.34. The van der Waals surface area contributed by atoms with Crippen molar-refractivity contribution in [3.05, 3.63) is 53.0 Å². The highest BCUT2D eigenvalue weighted by atomic mass is 16.5. The SMILES string of the molecule is COC(=O)CCCn1c(=O)oc2cc(-c3nnc(-c4ccccc4OC)o3)ccc21. The zero-order valence-corrected chi connectivity index (χ0v) is 16.5. The number of hydrogen-bond donors (Lipinski definition) is 0. The molecule has 2 aromatic heterocycles. The van der Waals surface area contributed by atoms with Gasteiger partial charge in [-0.3, -0.25) is 9.36 Å². The maximum atomic E-state index is 12.2. The first-order valence-electron chi connectivity index (χ1n) is 9.28. The highest BCUT2D eigenvalue weighted by Gasteiger charge is 2.16. The second kappa shape index (κ2) is 8.24. The van der Waals surface area contributed by atoms with Gasteiger partial charge in [0.1, 0.15) is 5.75 Å². The zero-order chi connectivity index (χ0) is 21.1. The fraction of sp³-hybridized carbons (Fsp3) is 0.238. The Morgan fingerprint density at radius 2 is 1.87 bits per heavy atom. The summed E-state index contributed by atoms with van der Waals surface area (Å²) in [6.45, 7) is 0.346. The minimum Gasteiger partial charge on any atom is -0.496 e. The van der Waals surface area contributed by atoms with E-state index in [4.69, 9.17) is 13.6 Å². The lowest BCUT2D eigenvalue weighted by atomic mass is 10.2. The maximum absolute atomic E-state index is 12.2. The third kappa shape index (κ3) is 3.69. The Bertz CT molecular complexity index is 1250. The Hall–Kier alpha value is -3.88.